The first-order valence-electron chi connectivity index (χ1n) is 10.4. The molecule has 0 bridgehead atoms. The van der Waals surface area contributed by atoms with Crippen LogP contribution in [0.5, 0.6) is 0 Å². The summed E-state index contributed by atoms with van der Waals surface area (Å²) in [6.07, 6.45) is 5.11. The average molecular weight is 428 g/mol. The summed E-state index contributed by atoms with van der Waals surface area (Å²) < 4.78 is 20.5. The van der Waals surface area contributed by atoms with Crippen LogP contribution in [-0.4, -0.2) is 32.7 Å². The number of rotatable bonds is 5. The molecule has 7 heteroatoms. The van der Waals surface area contributed by atoms with Gasteiger partial charge in [-0.25, -0.2) is 8.91 Å². The number of carbonyl (C=O) groups excluding carboxylic acids is 1. The number of hydrogen-bond acceptors (Lipinski definition) is 5. The number of hydrogen-bond donors (Lipinski definition) is 0. The molecule has 0 fully saturated rings. The predicted octanol–water partition coefficient (Wildman–Crippen LogP) is 4.54. The predicted molar refractivity (Wildman–Crippen MR) is 119 cm³/mol. The first-order valence-corrected chi connectivity index (χ1v) is 10.4. The van der Waals surface area contributed by atoms with Crippen LogP contribution in [0.1, 0.15) is 33.9 Å². The summed E-state index contributed by atoms with van der Waals surface area (Å²) >= 11 is 0. The number of carbonyl (C=O) groups is 1. The van der Waals surface area contributed by atoms with Crippen molar-refractivity contribution >= 4 is 17.5 Å². The van der Waals surface area contributed by atoms with Crippen molar-refractivity contribution in [3.63, 3.8) is 0 Å². The van der Waals surface area contributed by atoms with E-state index < -0.39 is 0 Å². The third-order valence-corrected chi connectivity index (χ3v) is 5.65. The maximum atomic E-state index is 13.5. The minimum Gasteiger partial charge on any atom is -0.378 e. The molecule has 0 N–H and O–H groups in total. The Morgan fingerprint density at radius 2 is 1.88 bits per heavy atom. The summed E-state index contributed by atoms with van der Waals surface area (Å²) in [5.41, 5.74) is 4.88. The number of allylic oxidation sites excluding steroid dienone is 1. The van der Waals surface area contributed by atoms with Crippen LogP contribution in [0, 0.1) is 11.7 Å². The van der Waals surface area contributed by atoms with E-state index in [4.69, 9.17) is 9.84 Å². The van der Waals surface area contributed by atoms with E-state index in [1.165, 1.54) is 12.1 Å². The van der Waals surface area contributed by atoms with E-state index in [0.717, 1.165) is 22.4 Å². The van der Waals surface area contributed by atoms with Crippen molar-refractivity contribution in [2.75, 3.05) is 7.11 Å². The molecule has 0 spiro atoms. The van der Waals surface area contributed by atoms with Crippen molar-refractivity contribution < 1.29 is 13.9 Å². The zero-order valence-electron chi connectivity index (χ0n) is 17.5. The number of ether oxygens (including phenoxy) is 1. The van der Waals surface area contributed by atoms with Crippen LogP contribution in [-0.2, 0) is 17.8 Å². The van der Waals surface area contributed by atoms with Gasteiger partial charge in [0.05, 0.1) is 23.6 Å². The molecule has 2 heterocycles. The van der Waals surface area contributed by atoms with E-state index in [-0.39, 0.29) is 24.1 Å². The van der Waals surface area contributed by atoms with Gasteiger partial charge in [0.15, 0.2) is 17.1 Å². The maximum absolute atomic E-state index is 13.5. The Hall–Kier alpha value is -3.71. The van der Waals surface area contributed by atoms with Crippen LogP contribution in [0.2, 0.25) is 0 Å². The second kappa shape index (κ2) is 8.43. The Morgan fingerprint density at radius 1 is 1.09 bits per heavy atom. The topological polar surface area (TPSA) is 69.4 Å². The Bertz CT molecular complexity index is 1310. The van der Waals surface area contributed by atoms with Gasteiger partial charge < -0.3 is 4.74 Å². The summed E-state index contributed by atoms with van der Waals surface area (Å²) in [6.45, 7) is 0.260. The molecule has 4 aromatic rings. The van der Waals surface area contributed by atoms with Crippen LogP contribution < -0.4 is 0 Å². The average Bonchev–Trinajstić information content (AvgIpc) is 3.18. The lowest BCUT2D eigenvalue weighted by Gasteiger charge is -2.20. The second-order valence-electron chi connectivity index (χ2n) is 7.85. The Kier molecular flexibility index (Phi) is 5.33. The van der Waals surface area contributed by atoms with Gasteiger partial charge in [-0.15, -0.1) is 10.2 Å². The molecule has 32 heavy (non-hydrogen) atoms. The standard InChI is InChI=1S/C25H21FN4O2/c1-32-15-20-23(18-9-11-19(26)12-10-18)25-28-27-24-21(30(25)29-20)13-17(14-22(24)31)8-7-16-5-3-2-4-6-16/h2-12,17H,13-15H2,1H3/b8-7+/t17-/m0/s1. The number of halogens is 1. The molecule has 0 radical (unpaired) electrons. The van der Waals surface area contributed by atoms with Gasteiger partial charge in [-0.2, -0.15) is 5.10 Å². The molecule has 0 saturated carbocycles. The van der Waals surface area contributed by atoms with E-state index in [1.54, 1.807) is 23.8 Å². The van der Waals surface area contributed by atoms with Crippen LogP contribution in [0.25, 0.3) is 22.9 Å². The van der Waals surface area contributed by atoms with Crippen molar-refractivity contribution in [3.8, 4) is 11.1 Å². The maximum Gasteiger partial charge on any atom is 0.185 e. The van der Waals surface area contributed by atoms with Crippen LogP contribution in [0.15, 0.2) is 60.7 Å². The summed E-state index contributed by atoms with van der Waals surface area (Å²) in [7, 11) is 1.59. The fourth-order valence-corrected chi connectivity index (χ4v) is 4.14. The number of aromatic nitrogens is 4. The summed E-state index contributed by atoms with van der Waals surface area (Å²) in [6, 6.07) is 16.2. The third kappa shape index (κ3) is 3.71. The van der Waals surface area contributed by atoms with Gasteiger partial charge in [-0.05, 0) is 35.6 Å². The number of Topliss-reactive ketones (excluding diaryl/α,β-unsaturated/α-hetero) is 1. The molecule has 0 saturated heterocycles. The lowest BCUT2D eigenvalue weighted by atomic mass is 9.88. The van der Waals surface area contributed by atoms with Gasteiger partial charge in [0.2, 0.25) is 0 Å². The Labute approximate surface area is 184 Å². The fourth-order valence-electron chi connectivity index (χ4n) is 4.14. The minimum absolute atomic E-state index is 0.0342. The number of nitrogens with zero attached hydrogens (tertiary/aromatic N) is 4. The summed E-state index contributed by atoms with van der Waals surface area (Å²) in [5, 5.41) is 13.3. The van der Waals surface area contributed by atoms with Gasteiger partial charge in [-0.1, -0.05) is 54.6 Å². The monoisotopic (exact) mass is 428 g/mol. The van der Waals surface area contributed by atoms with Crippen LogP contribution in [0.4, 0.5) is 4.39 Å². The highest BCUT2D eigenvalue weighted by molar-refractivity contribution is 5.97. The van der Waals surface area contributed by atoms with Gasteiger partial charge in [0, 0.05) is 13.5 Å². The van der Waals surface area contributed by atoms with Crippen LogP contribution >= 0.6 is 0 Å². The van der Waals surface area contributed by atoms with E-state index in [9.17, 15) is 9.18 Å². The first-order chi connectivity index (χ1) is 15.6. The van der Waals surface area contributed by atoms with Gasteiger partial charge >= 0.3 is 0 Å². The number of fused-ring (bicyclic) bond motifs is 3. The molecule has 1 aliphatic rings. The van der Waals surface area contributed by atoms with Crippen molar-refractivity contribution in [1.82, 2.24) is 19.8 Å². The zero-order chi connectivity index (χ0) is 22.1. The van der Waals surface area contributed by atoms with Crippen molar-refractivity contribution in [2.24, 2.45) is 5.92 Å². The Balaban J connectivity index is 1.59. The molecule has 160 valence electrons. The lowest BCUT2D eigenvalue weighted by molar-refractivity contribution is 0.0950. The summed E-state index contributed by atoms with van der Waals surface area (Å²) in [5.74, 6) is -0.331. The third-order valence-electron chi connectivity index (χ3n) is 5.65. The minimum atomic E-state index is -0.319. The van der Waals surface area contributed by atoms with E-state index in [2.05, 4.69) is 16.3 Å². The lowest BCUT2D eigenvalue weighted by Crippen LogP contribution is -2.24. The highest BCUT2D eigenvalue weighted by atomic mass is 19.1. The van der Waals surface area contributed by atoms with Crippen molar-refractivity contribution in [1.29, 1.82) is 0 Å². The Morgan fingerprint density at radius 3 is 2.62 bits per heavy atom. The van der Waals surface area contributed by atoms with E-state index in [1.807, 2.05) is 36.4 Å². The SMILES string of the molecule is COCc1nn2c3c(nnc2c1-c1ccc(F)cc1)C(=O)C[C@@H](/C=C/c1ccccc1)C3. The molecule has 6 nitrogen and oxygen atoms in total. The highest BCUT2D eigenvalue weighted by Crippen LogP contribution is 2.32. The van der Waals surface area contributed by atoms with E-state index >= 15 is 0 Å². The molecule has 1 atom stereocenters. The molecular formula is C25H21FN4O2. The largest absolute Gasteiger partial charge is 0.378 e. The number of ketones is 1. The molecular weight excluding hydrogens is 407 g/mol. The van der Waals surface area contributed by atoms with Gasteiger partial charge in [-0.3, -0.25) is 4.79 Å². The number of benzene rings is 2. The highest BCUT2D eigenvalue weighted by Gasteiger charge is 2.30. The van der Waals surface area contributed by atoms with Crippen molar-refractivity contribution in [2.45, 2.75) is 19.4 Å². The molecule has 0 unspecified atom stereocenters. The molecule has 0 aliphatic heterocycles. The normalized spacial score (nSPS) is 16.1. The molecule has 5 rings (SSSR count). The molecule has 0 amide bonds. The van der Waals surface area contributed by atoms with Gasteiger partial charge in [0.25, 0.3) is 0 Å². The van der Waals surface area contributed by atoms with Gasteiger partial charge in [0.1, 0.15) is 5.82 Å². The second-order valence-corrected chi connectivity index (χ2v) is 7.85. The smallest absolute Gasteiger partial charge is 0.185 e. The first kappa shape index (κ1) is 20.2. The zero-order valence-corrected chi connectivity index (χ0v) is 17.5. The van der Waals surface area contributed by atoms with Crippen molar-refractivity contribution in [3.05, 3.63) is 89.1 Å². The molecule has 1 aliphatic carbocycles. The quantitative estimate of drug-likeness (QED) is 0.467. The number of methoxy groups -OCH3 is 1. The summed E-state index contributed by atoms with van der Waals surface area (Å²) in [4.78, 5) is 12.8. The fraction of sp³-hybridized carbons (Fsp3) is 0.200. The van der Waals surface area contributed by atoms with Crippen LogP contribution in [0.3, 0.4) is 0 Å². The van der Waals surface area contributed by atoms with E-state index in [0.29, 0.717) is 29.9 Å². The molecule has 2 aromatic heterocycles. The molecule has 2 aromatic carbocycles.